The molecule has 98 valence electrons. The number of rotatable bonds is 1. The van der Waals surface area contributed by atoms with Gasteiger partial charge in [-0.2, -0.15) is 0 Å². The number of aliphatic hydroxyl groups is 1. The van der Waals surface area contributed by atoms with E-state index in [9.17, 15) is 9.90 Å². The zero-order valence-corrected chi connectivity index (χ0v) is 10.6. The molecule has 3 unspecified atom stereocenters. The van der Waals surface area contributed by atoms with E-state index in [1.807, 2.05) is 4.90 Å². The molecule has 17 heavy (non-hydrogen) atoms. The third kappa shape index (κ3) is 2.99. The zero-order valence-electron chi connectivity index (χ0n) is 10.6. The van der Waals surface area contributed by atoms with Crippen LogP contribution in [-0.4, -0.2) is 41.1 Å². The zero-order chi connectivity index (χ0) is 12.4. The molecule has 0 radical (unpaired) electrons. The monoisotopic (exact) mass is 240 g/mol. The van der Waals surface area contributed by atoms with E-state index in [0.29, 0.717) is 19.0 Å². The fraction of sp³-hybridized carbons (Fsp3) is 0.923. The van der Waals surface area contributed by atoms with Gasteiger partial charge in [0.1, 0.15) is 0 Å². The number of aliphatic hydroxyl groups excluding tert-OH is 1. The number of nitrogens with two attached hydrogens (primary N) is 1. The average Bonchev–Trinajstić information content (AvgIpc) is 2.32. The maximum absolute atomic E-state index is 12.4. The molecule has 2 fully saturated rings. The highest BCUT2D eigenvalue weighted by atomic mass is 16.3. The summed E-state index contributed by atoms with van der Waals surface area (Å²) in [5, 5.41) is 9.46. The summed E-state index contributed by atoms with van der Waals surface area (Å²) in [5.41, 5.74) is 5.97. The van der Waals surface area contributed by atoms with Crippen molar-refractivity contribution < 1.29 is 9.90 Å². The molecule has 3 atom stereocenters. The number of likely N-dealkylation sites (tertiary alicyclic amines) is 1. The number of hydrogen-bond acceptors (Lipinski definition) is 3. The van der Waals surface area contributed by atoms with Gasteiger partial charge >= 0.3 is 0 Å². The standard InChI is InChI=1S/C13H24N2O2/c1-9-2-3-10(14)8-12(9)13(17)15-6-4-11(16)5-7-15/h9-12,16H,2-8,14H2,1H3. The van der Waals surface area contributed by atoms with Gasteiger partial charge in [-0.3, -0.25) is 4.79 Å². The highest BCUT2D eigenvalue weighted by molar-refractivity contribution is 5.79. The molecular weight excluding hydrogens is 216 g/mol. The lowest BCUT2D eigenvalue weighted by atomic mass is 9.77. The molecule has 1 saturated heterocycles. The van der Waals surface area contributed by atoms with Gasteiger partial charge in [-0.1, -0.05) is 6.92 Å². The Morgan fingerprint density at radius 2 is 1.88 bits per heavy atom. The molecule has 1 heterocycles. The van der Waals surface area contributed by atoms with E-state index >= 15 is 0 Å². The van der Waals surface area contributed by atoms with E-state index in [2.05, 4.69) is 6.92 Å². The maximum Gasteiger partial charge on any atom is 0.226 e. The van der Waals surface area contributed by atoms with E-state index in [1.54, 1.807) is 0 Å². The van der Waals surface area contributed by atoms with E-state index in [0.717, 1.165) is 32.1 Å². The van der Waals surface area contributed by atoms with Crippen molar-refractivity contribution in [2.75, 3.05) is 13.1 Å². The number of nitrogens with zero attached hydrogens (tertiary/aromatic N) is 1. The first-order chi connectivity index (χ1) is 8.08. The Morgan fingerprint density at radius 1 is 1.24 bits per heavy atom. The number of amides is 1. The summed E-state index contributed by atoms with van der Waals surface area (Å²) in [6.45, 7) is 3.57. The number of piperidine rings is 1. The van der Waals surface area contributed by atoms with Crippen LogP contribution in [0, 0.1) is 11.8 Å². The van der Waals surface area contributed by atoms with Crippen LogP contribution in [0.5, 0.6) is 0 Å². The second kappa shape index (κ2) is 5.36. The lowest BCUT2D eigenvalue weighted by Crippen LogP contribution is -2.47. The minimum absolute atomic E-state index is 0.106. The largest absolute Gasteiger partial charge is 0.393 e. The molecule has 2 aliphatic rings. The highest BCUT2D eigenvalue weighted by Gasteiger charge is 2.34. The normalized spacial score (nSPS) is 35.9. The summed E-state index contributed by atoms with van der Waals surface area (Å²) in [7, 11) is 0. The first kappa shape index (κ1) is 12.8. The lowest BCUT2D eigenvalue weighted by Gasteiger charge is -2.37. The molecule has 2 rings (SSSR count). The Hall–Kier alpha value is -0.610. The molecule has 0 aromatic heterocycles. The Bertz CT molecular complexity index is 275. The predicted molar refractivity (Wildman–Crippen MR) is 66.3 cm³/mol. The summed E-state index contributed by atoms with van der Waals surface area (Å²) in [6, 6.07) is 0.190. The number of carbonyl (C=O) groups is 1. The van der Waals surface area contributed by atoms with Gasteiger partial charge in [-0.25, -0.2) is 0 Å². The number of hydrogen-bond donors (Lipinski definition) is 2. The average molecular weight is 240 g/mol. The van der Waals surface area contributed by atoms with Crippen molar-refractivity contribution in [2.45, 2.75) is 51.2 Å². The minimum Gasteiger partial charge on any atom is -0.393 e. The molecule has 1 amide bonds. The molecule has 4 heteroatoms. The molecule has 0 bridgehead atoms. The van der Waals surface area contributed by atoms with Crippen LogP contribution in [0.3, 0.4) is 0 Å². The second-order valence-electron chi connectivity index (χ2n) is 5.71. The molecule has 1 aliphatic carbocycles. The van der Waals surface area contributed by atoms with Gasteiger partial charge in [-0.15, -0.1) is 0 Å². The smallest absolute Gasteiger partial charge is 0.226 e. The molecular formula is C13H24N2O2. The maximum atomic E-state index is 12.4. The minimum atomic E-state index is -0.218. The summed E-state index contributed by atoms with van der Waals surface area (Å²) >= 11 is 0. The molecule has 1 aliphatic heterocycles. The fourth-order valence-corrected chi connectivity index (χ4v) is 3.02. The van der Waals surface area contributed by atoms with Gasteiger partial charge in [-0.05, 0) is 38.0 Å². The third-order valence-electron chi connectivity index (χ3n) is 4.33. The van der Waals surface area contributed by atoms with Gasteiger partial charge in [0.15, 0.2) is 0 Å². The van der Waals surface area contributed by atoms with Crippen molar-refractivity contribution in [1.29, 1.82) is 0 Å². The van der Waals surface area contributed by atoms with Crippen molar-refractivity contribution in [3.8, 4) is 0 Å². The second-order valence-corrected chi connectivity index (χ2v) is 5.71. The van der Waals surface area contributed by atoms with Gasteiger partial charge in [0.25, 0.3) is 0 Å². The van der Waals surface area contributed by atoms with Crippen LogP contribution in [0.1, 0.15) is 39.0 Å². The molecule has 0 aromatic carbocycles. The topological polar surface area (TPSA) is 66.6 Å². The molecule has 1 saturated carbocycles. The lowest BCUT2D eigenvalue weighted by molar-refractivity contribution is -0.140. The summed E-state index contributed by atoms with van der Waals surface area (Å²) < 4.78 is 0. The van der Waals surface area contributed by atoms with Crippen LogP contribution >= 0.6 is 0 Å². The summed E-state index contributed by atoms with van der Waals surface area (Å²) in [5.74, 6) is 0.822. The van der Waals surface area contributed by atoms with Crippen LogP contribution in [0.2, 0.25) is 0 Å². The van der Waals surface area contributed by atoms with Crippen molar-refractivity contribution >= 4 is 5.91 Å². The Balaban J connectivity index is 1.94. The van der Waals surface area contributed by atoms with Crippen LogP contribution in [0.15, 0.2) is 0 Å². The van der Waals surface area contributed by atoms with Crippen LogP contribution < -0.4 is 5.73 Å². The molecule has 0 aromatic rings. The first-order valence-electron chi connectivity index (χ1n) is 6.80. The van der Waals surface area contributed by atoms with Crippen molar-refractivity contribution in [1.82, 2.24) is 4.90 Å². The van der Waals surface area contributed by atoms with E-state index in [1.165, 1.54) is 0 Å². The van der Waals surface area contributed by atoms with Crippen LogP contribution in [0.4, 0.5) is 0 Å². The van der Waals surface area contributed by atoms with Crippen LogP contribution in [0.25, 0.3) is 0 Å². The van der Waals surface area contributed by atoms with Gasteiger partial charge < -0.3 is 15.7 Å². The molecule has 0 spiro atoms. The third-order valence-corrected chi connectivity index (χ3v) is 4.33. The van der Waals surface area contributed by atoms with Gasteiger partial charge in [0.05, 0.1) is 6.10 Å². The highest BCUT2D eigenvalue weighted by Crippen LogP contribution is 2.31. The van der Waals surface area contributed by atoms with Crippen molar-refractivity contribution in [3.63, 3.8) is 0 Å². The van der Waals surface area contributed by atoms with Gasteiger partial charge in [0.2, 0.25) is 5.91 Å². The van der Waals surface area contributed by atoms with Crippen molar-refractivity contribution in [2.24, 2.45) is 17.6 Å². The van der Waals surface area contributed by atoms with Gasteiger partial charge in [0, 0.05) is 25.0 Å². The first-order valence-corrected chi connectivity index (χ1v) is 6.80. The Kier molecular flexibility index (Phi) is 4.05. The van der Waals surface area contributed by atoms with E-state index < -0.39 is 0 Å². The quantitative estimate of drug-likeness (QED) is 0.710. The SMILES string of the molecule is CC1CCC(N)CC1C(=O)N1CCC(O)CC1. The van der Waals surface area contributed by atoms with Crippen LogP contribution in [-0.2, 0) is 4.79 Å². The Labute approximate surface area is 103 Å². The summed E-state index contributed by atoms with van der Waals surface area (Å²) in [4.78, 5) is 14.3. The van der Waals surface area contributed by atoms with E-state index in [4.69, 9.17) is 5.73 Å². The van der Waals surface area contributed by atoms with E-state index in [-0.39, 0.29) is 24.0 Å². The summed E-state index contributed by atoms with van der Waals surface area (Å²) in [6.07, 6.45) is 4.17. The Morgan fingerprint density at radius 3 is 2.53 bits per heavy atom. The fourth-order valence-electron chi connectivity index (χ4n) is 3.02. The molecule has 3 N–H and O–H groups in total. The number of carbonyl (C=O) groups excluding carboxylic acids is 1. The predicted octanol–water partition coefficient (Wildman–Crippen LogP) is 0.733. The molecule has 4 nitrogen and oxygen atoms in total. The van der Waals surface area contributed by atoms with Crippen molar-refractivity contribution in [3.05, 3.63) is 0 Å².